The zero-order valence-electron chi connectivity index (χ0n) is 67.5. The summed E-state index contributed by atoms with van der Waals surface area (Å²) in [6, 6.07) is 32.7. The first-order valence-corrected chi connectivity index (χ1v) is 27.7. The van der Waals surface area contributed by atoms with Crippen LogP contribution in [0.1, 0.15) is 85.4 Å². The van der Waals surface area contributed by atoms with Gasteiger partial charge in [0, 0.05) is 79.0 Å². The summed E-state index contributed by atoms with van der Waals surface area (Å²) >= 11 is 0. The van der Waals surface area contributed by atoms with Gasteiger partial charge >= 0.3 is 0 Å². The largest absolute Gasteiger partial charge is 0.509 e. The van der Waals surface area contributed by atoms with Crippen LogP contribution >= 0.6 is 0 Å². The van der Waals surface area contributed by atoms with E-state index < -0.39 is 146 Å². The first kappa shape index (κ1) is 31.4. The van der Waals surface area contributed by atoms with E-state index in [0.29, 0.717) is 39.3 Å². The minimum atomic E-state index is -5.91. The van der Waals surface area contributed by atoms with Gasteiger partial charge in [-0.25, -0.2) is 9.55 Å². The molecule has 0 saturated carbocycles. The summed E-state index contributed by atoms with van der Waals surface area (Å²) in [5.41, 5.74) is -0.391. The molecule has 3 aromatic heterocycles. The first-order chi connectivity index (χ1) is 48.9. The predicted octanol–water partition coefficient (Wildman–Crippen LogP) is 15.1. The molecule has 0 N–H and O–H groups in total. The summed E-state index contributed by atoms with van der Waals surface area (Å²) in [6.45, 7) is -5.40. The first-order valence-electron chi connectivity index (χ1n) is 37.7. The van der Waals surface area contributed by atoms with Crippen molar-refractivity contribution in [3.05, 3.63) is 272 Å². The molecule has 0 aliphatic carbocycles. The normalized spacial score (nSPS) is 16.9. The molecule has 0 atom stereocenters. The Morgan fingerprint density at radius 2 is 1.14 bits per heavy atom. The van der Waals surface area contributed by atoms with Crippen LogP contribution in [0.15, 0.2) is 249 Å². The zero-order chi connectivity index (χ0) is 74.9. The van der Waals surface area contributed by atoms with Crippen LogP contribution in [0.5, 0.6) is 11.5 Å². The Bertz CT molecular complexity index is 5550. The Kier molecular flexibility index (Phi) is 7.80. The van der Waals surface area contributed by atoms with E-state index in [0.717, 1.165) is 27.9 Å². The van der Waals surface area contributed by atoms with Gasteiger partial charge in [-0.15, -0.1) is 29.7 Å². The Hall–Kier alpha value is -8.67. The molecule has 81 heavy (non-hydrogen) atoms. The summed E-state index contributed by atoms with van der Waals surface area (Å²) in [5, 5.41) is -0.911. The van der Waals surface area contributed by atoms with Crippen molar-refractivity contribution in [1.82, 2.24) is 14.1 Å². The molecule has 4 heterocycles. The molecule has 1 aliphatic rings. The number of ether oxygens (including phenoxy) is 1. The number of para-hydroxylation sites is 3. The van der Waals surface area contributed by atoms with E-state index in [2.05, 4.69) is 32.9 Å². The standard InChI is InChI=1S/C74H59N4OSi.Pt/c1-73(2,3)50-43-44-75-70(45-50)78-67-37-19-18-33-61(67)62-41-39-53(47-69(62)78)79-52-24-20-23-51(46-52)76-49-77-71-64(34-21-36-66(71)74(4,5)6)65-48-57(40-42-60(65)58-31-16-17-32-59(58)63-35-22-38-68(76)72(63)77)80(54-25-10-7-11-26-54,55-27-12-8-13-28-55)56-29-14-9-15-30-56;/h7-45,48-49H,1-6H3;/q-1;/i4D3,5D3,6D3,7D,8D,9D,10D,11D,12D,13D,14D,15D,25D,26D,27D,28D,29D,30D;. The summed E-state index contributed by atoms with van der Waals surface area (Å²) in [5.74, 6) is 1.13. The van der Waals surface area contributed by atoms with Crippen molar-refractivity contribution in [3.8, 4) is 62.1 Å². The summed E-state index contributed by atoms with van der Waals surface area (Å²) in [6.07, 6.45) is 3.28. The number of pyridine rings is 1. The Balaban J connectivity index is 0.00000978. The number of benzene rings is 10. The second-order valence-corrected chi connectivity index (χ2v) is 24.2. The van der Waals surface area contributed by atoms with Crippen molar-refractivity contribution in [2.45, 2.75) is 52.2 Å². The number of imidazole rings is 1. The molecular weight excluding hydrogens is 1180 g/mol. The Morgan fingerprint density at radius 1 is 0.531 bits per heavy atom. The van der Waals surface area contributed by atoms with Crippen molar-refractivity contribution in [2.24, 2.45) is 0 Å². The second-order valence-electron chi connectivity index (χ2n) is 20.6. The van der Waals surface area contributed by atoms with Gasteiger partial charge in [-0.2, -0.15) is 16.7 Å². The Morgan fingerprint density at radius 3 is 1.84 bits per heavy atom. The second kappa shape index (κ2) is 20.1. The van der Waals surface area contributed by atoms with Crippen molar-refractivity contribution in [3.63, 3.8) is 0 Å². The predicted molar refractivity (Wildman–Crippen MR) is 332 cm³/mol. The zero-order valence-corrected chi connectivity index (χ0v) is 46.8. The van der Waals surface area contributed by atoms with Crippen LogP contribution in [0.4, 0.5) is 0 Å². The van der Waals surface area contributed by atoms with E-state index in [9.17, 15) is 28.8 Å². The summed E-state index contributed by atoms with van der Waals surface area (Å²) in [4.78, 5) is 4.82. The van der Waals surface area contributed by atoms with E-state index in [1.165, 1.54) is 41.2 Å². The van der Waals surface area contributed by atoms with Crippen molar-refractivity contribution in [1.29, 1.82) is 0 Å². The summed E-state index contributed by atoms with van der Waals surface area (Å²) in [7, 11) is -5.91. The van der Waals surface area contributed by atoms with Crippen molar-refractivity contribution >= 4 is 61.7 Å². The third-order valence-corrected chi connectivity index (χ3v) is 19.1. The van der Waals surface area contributed by atoms with Crippen molar-refractivity contribution < 1.29 is 63.3 Å². The van der Waals surface area contributed by atoms with Gasteiger partial charge in [-0.3, -0.25) is 0 Å². The number of hydrogen-bond acceptors (Lipinski definition) is 2. The maximum Gasteiger partial charge on any atom is 0.253 e. The van der Waals surface area contributed by atoms with Crippen LogP contribution in [0.25, 0.3) is 83.4 Å². The fourth-order valence-corrected chi connectivity index (χ4v) is 15.2. The smallest absolute Gasteiger partial charge is 0.253 e. The minimum absolute atomic E-state index is 0. The van der Waals surface area contributed by atoms with E-state index in [-0.39, 0.29) is 71.0 Å². The van der Waals surface area contributed by atoms with Crippen LogP contribution in [0, 0.1) is 12.1 Å². The van der Waals surface area contributed by atoms with Crippen LogP contribution in [0.3, 0.4) is 0 Å². The van der Waals surface area contributed by atoms with Crippen LogP contribution < -0.4 is 30.1 Å². The Labute approximate surface area is 523 Å². The summed E-state index contributed by atoms with van der Waals surface area (Å²) < 4.78 is 236. The molecule has 0 fully saturated rings. The van der Waals surface area contributed by atoms with Crippen LogP contribution in [-0.2, 0) is 31.9 Å². The molecule has 396 valence electrons. The number of rotatable bonds is 8. The molecule has 7 heteroatoms. The quantitative estimate of drug-likeness (QED) is 0.0658. The van der Waals surface area contributed by atoms with Crippen LogP contribution in [0.2, 0.25) is 0 Å². The van der Waals surface area contributed by atoms with Gasteiger partial charge in [0.05, 0.1) is 20.6 Å². The average Bonchev–Trinajstić information content (AvgIpc) is 1.17. The van der Waals surface area contributed by atoms with Gasteiger partial charge < -0.3 is 9.30 Å². The van der Waals surface area contributed by atoms with Gasteiger partial charge in [0.15, 0.2) is 19.1 Å². The third kappa shape index (κ3) is 8.63. The molecule has 1 aliphatic heterocycles. The molecule has 10 aromatic carbocycles. The van der Waals surface area contributed by atoms with E-state index in [4.69, 9.17) is 13.8 Å². The van der Waals surface area contributed by atoms with E-state index in [1.807, 2.05) is 47.0 Å². The maximum atomic E-state index is 9.85. The molecule has 0 radical (unpaired) electrons. The molecule has 13 aromatic rings. The molecule has 0 spiro atoms. The van der Waals surface area contributed by atoms with Gasteiger partial charge in [-0.1, -0.05) is 228 Å². The third-order valence-electron chi connectivity index (χ3n) is 14.9. The molecule has 5 nitrogen and oxygen atoms in total. The molecule has 0 unspecified atom stereocenters. The van der Waals surface area contributed by atoms with Gasteiger partial charge in [0.2, 0.25) is 0 Å². The fourth-order valence-electron chi connectivity index (χ4n) is 11.4. The molecule has 0 amide bonds. The monoisotopic (exact) mass is 1270 g/mol. The molecule has 0 bridgehead atoms. The van der Waals surface area contributed by atoms with Crippen molar-refractivity contribution in [2.75, 3.05) is 0 Å². The molecule has 14 rings (SSSR count). The number of hydrogen-bond donors (Lipinski definition) is 0. The van der Waals surface area contributed by atoms with E-state index >= 15 is 0 Å². The fraction of sp³-hybridized carbons (Fsp3) is 0.108. The van der Waals surface area contributed by atoms with Crippen LogP contribution in [-0.4, -0.2) is 22.2 Å². The SMILES string of the molecule is [2H]c1c([2H])c([2H])c([Si](c2ccc3c(c2)-c2cccc(C(C([2H])([2H])[2H])(C([2H])([2H])[2H])C([2H])([2H])[2H])c2-[n+]2cn(-c4[c-]c(Oc5[c-]c6c(cc5)c5ccccc5n6-c5cc(C(C)(C)C)ccn5)ccc4)c4cccc(c42)-c2ccccc2-3)(c2c([2H])c([2H])c([2H])c([2H])c2[2H])c2c([2H])c([2H])c([2H])c([2H])c2[2H])c([2H])c1[2H].[Pt]. The molecular formula is C74H59N4OPtSi-. The van der Waals surface area contributed by atoms with E-state index in [1.54, 1.807) is 77.5 Å². The average molecular weight is 1270 g/mol. The number of aromatic nitrogens is 4. The molecule has 0 saturated heterocycles. The minimum Gasteiger partial charge on any atom is -0.509 e. The topological polar surface area (TPSA) is 35.9 Å². The maximum absolute atomic E-state index is 9.85. The van der Waals surface area contributed by atoms with Gasteiger partial charge in [0.1, 0.15) is 11.5 Å². The van der Waals surface area contributed by atoms with Gasteiger partial charge in [0.25, 0.3) is 6.33 Å². The number of fused-ring (bicyclic) bond motifs is 10. The van der Waals surface area contributed by atoms with Gasteiger partial charge in [-0.05, 0) is 95.1 Å². The number of nitrogens with zero attached hydrogens (tertiary/aromatic N) is 4.